The van der Waals surface area contributed by atoms with Gasteiger partial charge in [0.2, 0.25) is 10.0 Å². The summed E-state index contributed by atoms with van der Waals surface area (Å²) < 4.78 is 26.4. The lowest BCUT2D eigenvalue weighted by molar-refractivity contribution is 0.520. The van der Waals surface area contributed by atoms with Crippen LogP contribution in [-0.4, -0.2) is 53.1 Å². The molecule has 0 bridgehead atoms. The van der Waals surface area contributed by atoms with Crippen LogP contribution in [0.1, 0.15) is 6.42 Å². The third-order valence-electron chi connectivity index (χ3n) is 2.94. The Labute approximate surface area is 139 Å². The summed E-state index contributed by atoms with van der Waals surface area (Å²) in [4.78, 5) is 0. The second-order valence-electron chi connectivity index (χ2n) is 4.76. The molecule has 1 heterocycles. The van der Waals surface area contributed by atoms with Crippen LogP contribution >= 0.6 is 23.4 Å². The van der Waals surface area contributed by atoms with Gasteiger partial charge in [-0.05, 0) is 24.6 Å². The Bertz CT molecular complexity index is 731. The van der Waals surface area contributed by atoms with Gasteiger partial charge in [0.05, 0.1) is 11.4 Å². The van der Waals surface area contributed by atoms with Crippen molar-refractivity contribution in [2.24, 2.45) is 0 Å². The Kier molecular flexibility index (Phi) is 5.85. The summed E-state index contributed by atoms with van der Waals surface area (Å²) >= 11 is 7.46. The molecule has 0 radical (unpaired) electrons. The molecule has 0 aliphatic rings. The lowest BCUT2D eigenvalue weighted by Crippen LogP contribution is -2.25. The van der Waals surface area contributed by atoms with E-state index in [4.69, 9.17) is 11.6 Å². The number of hydrogen-bond acceptors (Lipinski definition) is 5. The molecule has 0 spiro atoms. The van der Waals surface area contributed by atoms with Gasteiger partial charge in [-0.1, -0.05) is 29.4 Å². The van der Waals surface area contributed by atoms with E-state index in [0.29, 0.717) is 22.4 Å². The van der Waals surface area contributed by atoms with Gasteiger partial charge in [0.1, 0.15) is 6.33 Å². The summed E-state index contributed by atoms with van der Waals surface area (Å²) in [6.45, 7) is 0. The van der Waals surface area contributed by atoms with Crippen LogP contribution in [-0.2, 0) is 10.0 Å². The molecule has 9 heteroatoms. The van der Waals surface area contributed by atoms with Crippen LogP contribution in [0, 0.1) is 0 Å². The summed E-state index contributed by atoms with van der Waals surface area (Å²) in [6.07, 6.45) is 2.16. The highest BCUT2D eigenvalue weighted by molar-refractivity contribution is 7.99. The maximum absolute atomic E-state index is 11.7. The fourth-order valence-corrected chi connectivity index (χ4v) is 3.82. The second kappa shape index (κ2) is 7.45. The average Bonchev–Trinajstić information content (AvgIpc) is 2.92. The van der Waals surface area contributed by atoms with Crippen LogP contribution in [0.15, 0.2) is 35.7 Å². The van der Waals surface area contributed by atoms with Crippen molar-refractivity contribution in [3.8, 4) is 5.69 Å². The number of rotatable bonds is 7. The van der Waals surface area contributed by atoms with E-state index in [9.17, 15) is 8.42 Å². The van der Waals surface area contributed by atoms with Crippen LogP contribution in [0.2, 0.25) is 5.02 Å². The van der Waals surface area contributed by atoms with Crippen LogP contribution < -0.4 is 0 Å². The Hall–Kier alpha value is -1.09. The maximum Gasteiger partial charge on any atom is 0.213 e. The first-order valence-corrected chi connectivity index (χ1v) is 9.56. The van der Waals surface area contributed by atoms with Gasteiger partial charge in [0.25, 0.3) is 0 Å². The number of halogens is 1. The molecule has 0 amide bonds. The van der Waals surface area contributed by atoms with E-state index in [0.717, 1.165) is 5.69 Å². The molecule has 0 saturated carbocycles. The standard InChI is InChI=1S/C13H17ClN4O2S2/c1-17(2)22(19,20)8-4-7-21-13-16-15-10-18(13)12-6-3-5-11(14)9-12/h3,5-6,9-10H,4,7-8H2,1-2H3. The van der Waals surface area contributed by atoms with E-state index < -0.39 is 10.0 Å². The van der Waals surface area contributed by atoms with Gasteiger partial charge >= 0.3 is 0 Å². The average molecular weight is 361 g/mol. The first-order chi connectivity index (χ1) is 10.4. The van der Waals surface area contributed by atoms with Crippen molar-refractivity contribution in [3.05, 3.63) is 35.6 Å². The third-order valence-corrected chi connectivity index (χ3v) is 6.12. The van der Waals surface area contributed by atoms with Crippen LogP contribution in [0.25, 0.3) is 5.69 Å². The molecule has 1 aromatic heterocycles. The topological polar surface area (TPSA) is 68.1 Å². The fraction of sp³-hybridized carbons (Fsp3) is 0.385. The molecule has 6 nitrogen and oxygen atoms in total. The number of hydrogen-bond donors (Lipinski definition) is 0. The zero-order chi connectivity index (χ0) is 16.2. The van der Waals surface area contributed by atoms with Gasteiger partial charge in [-0.25, -0.2) is 12.7 Å². The first-order valence-electron chi connectivity index (χ1n) is 6.59. The molecular weight excluding hydrogens is 344 g/mol. The van der Waals surface area contributed by atoms with Crippen LogP contribution in [0.4, 0.5) is 0 Å². The van der Waals surface area contributed by atoms with Gasteiger partial charge in [-0.15, -0.1) is 10.2 Å². The van der Waals surface area contributed by atoms with Crippen molar-refractivity contribution in [2.45, 2.75) is 11.6 Å². The SMILES string of the molecule is CN(C)S(=O)(=O)CCCSc1nncn1-c1cccc(Cl)c1. The van der Waals surface area contributed by atoms with Crippen molar-refractivity contribution < 1.29 is 8.42 Å². The number of nitrogens with zero attached hydrogens (tertiary/aromatic N) is 4. The summed E-state index contributed by atoms with van der Waals surface area (Å²) in [6, 6.07) is 7.39. The van der Waals surface area contributed by atoms with E-state index in [1.54, 1.807) is 12.4 Å². The molecule has 22 heavy (non-hydrogen) atoms. The van der Waals surface area contributed by atoms with Crippen LogP contribution in [0.3, 0.4) is 0 Å². The highest BCUT2D eigenvalue weighted by Crippen LogP contribution is 2.22. The smallest absolute Gasteiger partial charge is 0.213 e. The third kappa shape index (κ3) is 4.45. The Morgan fingerprint density at radius 1 is 1.36 bits per heavy atom. The summed E-state index contributed by atoms with van der Waals surface area (Å²) in [5, 5.41) is 9.32. The minimum Gasteiger partial charge on any atom is -0.277 e. The Morgan fingerprint density at radius 2 is 2.14 bits per heavy atom. The van der Waals surface area contributed by atoms with Gasteiger partial charge in [0.15, 0.2) is 5.16 Å². The predicted octanol–water partition coefficient (Wildman–Crippen LogP) is 2.29. The lowest BCUT2D eigenvalue weighted by Gasteiger charge is -2.10. The van der Waals surface area contributed by atoms with Gasteiger partial charge < -0.3 is 0 Å². The molecule has 2 rings (SSSR count). The van der Waals surface area contributed by atoms with E-state index in [1.165, 1.54) is 30.2 Å². The molecule has 0 saturated heterocycles. The zero-order valence-corrected chi connectivity index (χ0v) is 14.7. The van der Waals surface area contributed by atoms with Crippen molar-refractivity contribution in [2.75, 3.05) is 25.6 Å². The molecule has 1 aromatic carbocycles. The van der Waals surface area contributed by atoms with Gasteiger partial charge in [-0.2, -0.15) is 0 Å². The van der Waals surface area contributed by atoms with E-state index in [-0.39, 0.29) is 5.75 Å². The molecule has 2 aromatic rings. The molecule has 0 aliphatic carbocycles. The second-order valence-corrected chi connectivity index (χ2v) is 8.56. The quantitative estimate of drug-likeness (QED) is 0.559. The van der Waals surface area contributed by atoms with Crippen molar-refractivity contribution >= 4 is 33.4 Å². The molecule has 0 N–H and O–H groups in total. The van der Waals surface area contributed by atoms with Crippen LogP contribution in [0.5, 0.6) is 0 Å². The summed E-state index contributed by atoms with van der Waals surface area (Å²) in [5.74, 6) is 0.768. The molecule has 0 unspecified atom stereocenters. The highest BCUT2D eigenvalue weighted by Gasteiger charge is 2.13. The predicted molar refractivity (Wildman–Crippen MR) is 89.2 cm³/mol. The fourth-order valence-electron chi connectivity index (χ4n) is 1.71. The largest absolute Gasteiger partial charge is 0.277 e. The molecular formula is C13H17ClN4O2S2. The summed E-state index contributed by atoms with van der Waals surface area (Å²) in [5.41, 5.74) is 0.876. The number of benzene rings is 1. The molecule has 0 atom stereocenters. The normalized spacial score (nSPS) is 12.0. The van der Waals surface area contributed by atoms with Crippen molar-refractivity contribution in [1.82, 2.24) is 19.1 Å². The Balaban J connectivity index is 1.97. The van der Waals surface area contributed by atoms with E-state index >= 15 is 0 Å². The molecule has 0 aliphatic heterocycles. The zero-order valence-electron chi connectivity index (χ0n) is 12.3. The summed E-state index contributed by atoms with van der Waals surface area (Å²) in [7, 11) is -0.0676. The number of sulfonamides is 1. The highest BCUT2D eigenvalue weighted by atomic mass is 35.5. The first kappa shape index (κ1) is 17.3. The van der Waals surface area contributed by atoms with Crippen molar-refractivity contribution in [3.63, 3.8) is 0 Å². The Morgan fingerprint density at radius 3 is 2.82 bits per heavy atom. The molecule has 0 fully saturated rings. The van der Waals surface area contributed by atoms with Gasteiger partial charge in [-0.3, -0.25) is 4.57 Å². The number of thioether (sulfide) groups is 1. The minimum absolute atomic E-state index is 0.123. The molecule has 120 valence electrons. The lowest BCUT2D eigenvalue weighted by atomic mass is 10.3. The van der Waals surface area contributed by atoms with E-state index in [1.807, 2.05) is 22.8 Å². The maximum atomic E-state index is 11.7. The van der Waals surface area contributed by atoms with Gasteiger partial charge in [0, 0.05) is 24.9 Å². The minimum atomic E-state index is -3.15. The monoisotopic (exact) mass is 360 g/mol. The van der Waals surface area contributed by atoms with E-state index in [2.05, 4.69) is 10.2 Å². The van der Waals surface area contributed by atoms with Crippen molar-refractivity contribution in [1.29, 1.82) is 0 Å². The number of aromatic nitrogens is 3.